The normalized spacial score (nSPS) is 18.4. The summed E-state index contributed by atoms with van der Waals surface area (Å²) in [5, 5.41) is 0. The number of hydrogen-bond donors (Lipinski definition) is 0. The molecule has 1 heterocycles. The molecule has 0 bridgehead atoms. The predicted octanol–water partition coefficient (Wildman–Crippen LogP) is 0.366. The molecular formula is C10H12FNO5S2. The topological polar surface area (TPSA) is 80.8 Å². The van der Waals surface area contributed by atoms with E-state index >= 15 is 0 Å². The van der Waals surface area contributed by atoms with Crippen molar-refractivity contribution in [3.63, 3.8) is 0 Å². The molecule has 1 aliphatic heterocycles. The molecule has 0 unspecified atom stereocenters. The van der Waals surface area contributed by atoms with Gasteiger partial charge >= 0.3 is 10.2 Å². The molecule has 2 rings (SSSR count). The number of benzene rings is 1. The van der Waals surface area contributed by atoms with E-state index < -0.39 is 25.1 Å². The maximum atomic E-state index is 12.9. The van der Waals surface area contributed by atoms with Crippen molar-refractivity contribution in [1.82, 2.24) is 4.31 Å². The molecule has 19 heavy (non-hydrogen) atoms. The molecule has 6 nitrogen and oxygen atoms in total. The molecule has 0 radical (unpaired) electrons. The van der Waals surface area contributed by atoms with Crippen molar-refractivity contribution in [3.8, 4) is 0 Å². The Bertz CT molecular complexity index is 665. The van der Waals surface area contributed by atoms with Crippen LogP contribution in [0.15, 0.2) is 34.1 Å². The molecule has 0 N–H and O–H groups in total. The molecule has 0 atom stereocenters. The van der Waals surface area contributed by atoms with Gasteiger partial charge in [0.05, 0.1) is 23.0 Å². The fourth-order valence-electron chi connectivity index (χ4n) is 1.72. The van der Waals surface area contributed by atoms with Gasteiger partial charge < -0.3 is 4.74 Å². The van der Waals surface area contributed by atoms with Crippen LogP contribution in [-0.4, -0.2) is 47.4 Å². The molecule has 1 aromatic rings. The second-order valence-electron chi connectivity index (χ2n) is 3.93. The number of halogens is 1. The molecule has 106 valence electrons. The van der Waals surface area contributed by atoms with Crippen LogP contribution in [0.1, 0.15) is 0 Å². The van der Waals surface area contributed by atoms with E-state index in [2.05, 4.69) is 0 Å². The highest BCUT2D eigenvalue weighted by molar-refractivity contribution is 7.89. The van der Waals surface area contributed by atoms with Gasteiger partial charge in [0.2, 0.25) is 10.0 Å². The molecule has 9 heteroatoms. The second-order valence-corrected chi connectivity index (χ2v) is 7.21. The van der Waals surface area contributed by atoms with E-state index in [0.717, 1.165) is 12.1 Å². The fraction of sp³-hybridized carbons (Fsp3) is 0.400. The van der Waals surface area contributed by atoms with E-state index in [4.69, 9.17) is 4.74 Å². The SMILES string of the molecule is O=S(=O)(F)c1cccc(S(=O)(=O)N2CCOCC2)c1. The standard InChI is InChI=1S/C10H12FNO5S2/c11-18(13,14)9-2-1-3-10(8-9)19(15,16)12-4-6-17-7-5-12/h1-3,8H,4-7H2. The first-order valence-corrected chi connectivity index (χ1v) is 8.27. The van der Waals surface area contributed by atoms with Crippen LogP contribution in [0, 0.1) is 0 Å². The van der Waals surface area contributed by atoms with Gasteiger partial charge in [0.15, 0.2) is 0 Å². The highest BCUT2D eigenvalue weighted by atomic mass is 32.3. The summed E-state index contributed by atoms with van der Waals surface area (Å²) in [6.07, 6.45) is 0. The smallest absolute Gasteiger partial charge is 0.332 e. The van der Waals surface area contributed by atoms with Gasteiger partial charge in [-0.25, -0.2) is 8.42 Å². The Morgan fingerprint density at radius 1 is 1.05 bits per heavy atom. The van der Waals surface area contributed by atoms with Crippen molar-refractivity contribution in [2.24, 2.45) is 0 Å². The number of rotatable bonds is 3. The lowest BCUT2D eigenvalue weighted by Crippen LogP contribution is -2.40. The van der Waals surface area contributed by atoms with Crippen LogP contribution < -0.4 is 0 Å². The van der Waals surface area contributed by atoms with Crippen LogP contribution in [-0.2, 0) is 25.0 Å². The van der Waals surface area contributed by atoms with Crippen LogP contribution in [0.25, 0.3) is 0 Å². The van der Waals surface area contributed by atoms with Gasteiger partial charge in [-0.05, 0) is 18.2 Å². The Kier molecular flexibility index (Phi) is 3.90. The molecule has 1 fully saturated rings. The molecule has 1 saturated heterocycles. The third-order valence-corrected chi connectivity index (χ3v) is 5.41. The Balaban J connectivity index is 2.41. The van der Waals surface area contributed by atoms with Gasteiger partial charge in [-0.1, -0.05) is 6.07 Å². The van der Waals surface area contributed by atoms with Crippen LogP contribution in [0.5, 0.6) is 0 Å². The lowest BCUT2D eigenvalue weighted by molar-refractivity contribution is 0.0730. The van der Waals surface area contributed by atoms with Crippen molar-refractivity contribution in [2.75, 3.05) is 26.3 Å². The first-order valence-electron chi connectivity index (χ1n) is 5.44. The first kappa shape index (κ1) is 14.4. The van der Waals surface area contributed by atoms with E-state index in [1.807, 2.05) is 0 Å². The van der Waals surface area contributed by atoms with E-state index in [0.29, 0.717) is 0 Å². The van der Waals surface area contributed by atoms with Gasteiger partial charge in [0.25, 0.3) is 0 Å². The summed E-state index contributed by atoms with van der Waals surface area (Å²) in [6.45, 7) is 0.935. The average Bonchev–Trinajstić information content (AvgIpc) is 2.39. The summed E-state index contributed by atoms with van der Waals surface area (Å²) in [7, 11) is -8.75. The summed E-state index contributed by atoms with van der Waals surface area (Å²) in [4.78, 5) is -0.907. The molecule has 0 amide bonds. The zero-order chi connectivity index (χ0) is 14.1. The number of morpholine rings is 1. The second kappa shape index (κ2) is 5.16. The van der Waals surface area contributed by atoms with Crippen LogP contribution in [0.4, 0.5) is 3.89 Å². The minimum absolute atomic E-state index is 0.189. The van der Waals surface area contributed by atoms with E-state index in [9.17, 15) is 20.7 Å². The number of sulfonamides is 1. The quantitative estimate of drug-likeness (QED) is 0.753. The highest BCUT2D eigenvalue weighted by Crippen LogP contribution is 2.21. The van der Waals surface area contributed by atoms with Crippen molar-refractivity contribution in [2.45, 2.75) is 9.79 Å². The molecule has 0 spiro atoms. The van der Waals surface area contributed by atoms with E-state index in [-0.39, 0.29) is 31.2 Å². The zero-order valence-electron chi connectivity index (χ0n) is 9.82. The molecule has 0 aliphatic carbocycles. The maximum absolute atomic E-state index is 12.9. The Hall–Kier alpha value is -1.03. The first-order chi connectivity index (χ1) is 8.82. The van der Waals surface area contributed by atoms with Crippen molar-refractivity contribution in [3.05, 3.63) is 24.3 Å². The monoisotopic (exact) mass is 309 g/mol. The predicted molar refractivity (Wildman–Crippen MR) is 64.3 cm³/mol. The Labute approximate surface area is 111 Å². The van der Waals surface area contributed by atoms with Crippen molar-refractivity contribution >= 4 is 20.2 Å². The summed E-state index contributed by atoms with van der Waals surface area (Å²) in [6, 6.07) is 4.26. The van der Waals surface area contributed by atoms with Gasteiger partial charge in [0, 0.05) is 13.1 Å². The summed E-state index contributed by atoms with van der Waals surface area (Å²) in [5.41, 5.74) is 0. The summed E-state index contributed by atoms with van der Waals surface area (Å²) >= 11 is 0. The zero-order valence-corrected chi connectivity index (χ0v) is 11.5. The van der Waals surface area contributed by atoms with E-state index in [1.165, 1.54) is 16.4 Å². The van der Waals surface area contributed by atoms with Crippen LogP contribution in [0.3, 0.4) is 0 Å². The minimum Gasteiger partial charge on any atom is -0.379 e. The van der Waals surface area contributed by atoms with Gasteiger partial charge in [-0.3, -0.25) is 0 Å². The maximum Gasteiger partial charge on any atom is 0.332 e. The fourth-order valence-corrected chi connectivity index (χ4v) is 3.76. The average molecular weight is 309 g/mol. The third kappa shape index (κ3) is 3.11. The third-order valence-electron chi connectivity index (χ3n) is 2.69. The molecule has 0 saturated carbocycles. The number of hydrogen-bond acceptors (Lipinski definition) is 5. The summed E-state index contributed by atoms with van der Waals surface area (Å²) < 4.78 is 65.1. The largest absolute Gasteiger partial charge is 0.379 e. The van der Waals surface area contributed by atoms with Crippen molar-refractivity contribution < 1.29 is 25.5 Å². The van der Waals surface area contributed by atoms with E-state index in [1.54, 1.807) is 0 Å². The van der Waals surface area contributed by atoms with Gasteiger partial charge in [-0.15, -0.1) is 3.89 Å². The molecule has 1 aliphatic rings. The van der Waals surface area contributed by atoms with Crippen LogP contribution >= 0.6 is 0 Å². The minimum atomic E-state index is -4.92. The molecule has 1 aromatic carbocycles. The molecule has 0 aromatic heterocycles. The Morgan fingerprint density at radius 3 is 2.21 bits per heavy atom. The Morgan fingerprint density at radius 2 is 1.63 bits per heavy atom. The lowest BCUT2D eigenvalue weighted by atomic mass is 10.4. The van der Waals surface area contributed by atoms with Gasteiger partial charge in [-0.2, -0.15) is 12.7 Å². The summed E-state index contributed by atoms with van der Waals surface area (Å²) in [5.74, 6) is 0. The van der Waals surface area contributed by atoms with Crippen LogP contribution in [0.2, 0.25) is 0 Å². The molecular weight excluding hydrogens is 297 g/mol. The lowest BCUT2D eigenvalue weighted by Gasteiger charge is -2.26. The van der Waals surface area contributed by atoms with Gasteiger partial charge in [0.1, 0.15) is 0 Å². The highest BCUT2D eigenvalue weighted by Gasteiger charge is 2.27. The van der Waals surface area contributed by atoms with Crippen molar-refractivity contribution in [1.29, 1.82) is 0 Å². The number of ether oxygens (including phenoxy) is 1. The number of nitrogens with zero attached hydrogens (tertiary/aromatic N) is 1.